The van der Waals surface area contributed by atoms with E-state index in [0.29, 0.717) is 5.56 Å². The molecule has 3 N–H and O–H groups in total. The molecule has 2 heterocycles. The number of esters is 1. The Morgan fingerprint density at radius 3 is 2.81 bits per heavy atom. The fraction of sp³-hybridized carbons (Fsp3) is 0.208. The van der Waals surface area contributed by atoms with Crippen LogP contribution in [0.1, 0.15) is 46.3 Å². The molecule has 3 aromatic rings. The highest BCUT2D eigenvalue weighted by molar-refractivity contribution is 7.10. The molecule has 7 heteroatoms. The number of benzene rings is 1. The highest BCUT2D eigenvalue weighted by atomic mass is 32.1. The Labute approximate surface area is 184 Å². The first-order valence-corrected chi connectivity index (χ1v) is 10.9. The highest BCUT2D eigenvalue weighted by Gasteiger charge is 2.28. The standard InChI is InChI=1S/C24H23N3O3S/c1-14(23(28)26-15(2)25)30-24(29)21-18-9-3-4-11-20(18)27-22-16(7-5-10-19(21)22)13-17-8-6-12-31-17/h3-4,6,8-9,11-14H,2,5,7,10,25H2,1H3,(H,26,28)/b16-13-. The van der Waals surface area contributed by atoms with Crippen LogP contribution in [0.4, 0.5) is 0 Å². The monoisotopic (exact) mass is 433 g/mol. The zero-order valence-electron chi connectivity index (χ0n) is 17.2. The van der Waals surface area contributed by atoms with Crippen LogP contribution in [0.3, 0.4) is 0 Å². The maximum atomic E-state index is 13.3. The van der Waals surface area contributed by atoms with Gasteiger partial charge in [0.1, 0.15) is 0 Å². The van der Waals surface area contributed by atoms with Crippen LogP contribution >= 0.6 is 11.3 Å². The maximum absolute atomic E-state index is 13.3. The van der Waals surface area contributed by atoms with Crippen LogP contribution < -0.4 is 11.1 Å². The molecule has 0 aliphatic heterocycles. The summed E-state index contributed by atoms with van der Waals surface area (Å²) in [5, 5.41) is 5.14. The van der Waals surface area contributed by atoms with Crippen molar-refractivity contribution < 1.29 is 14.3 Å². The molecule has 0 fully saturated rings. The number of amides is 1. The Morgan fingerprint density at radius 2 is 2.06 bits per heavy atom. The molecule has 0 bridgehead atoms. The Morgan fingerprint density at radius 1 is 1.26 bits per heavy atom. The minimum absolute atomic E-state index is 0.00277. The second-order valence-corrected chi connectivity index (χ2v) is 8.41. The van der Waals surface area contributed by atoms with E-state index in [1.165, 1.54) is 6.92 Å². The quantitative estimate of drug-likeness (QED) is 0.586. The van der Waals surface area contributed by atoms with Crippen molar-refractivity contribution in [3.05, 3.63) is 75.9 Å². The fourth-order valence-corrected chi connectivity index (χ4v) is 4.47. The van der Waals surface area contributed by atoms with Crippen molar-refractivity contribution >= 4 is 45.8 Å². The number of thiophene rings is 1. The second-order valence-electron chi connectivity index (χ2n) is 7.43. The minimum atomic E-state index is -1.01. The molecule has 0 saturated carbocycles. The van der Waals surface area contributed by atoms with Crippen LogP contribution in [-0.2, 0) is 16.0 Å². The van der Waals surface area contributed by atoms with E-state index in [2.05, 4.69) is 24.0 Å². The molecule has 2 aromatic heterocycles. The summed E-state index contributed by atoms with van der Waals surface area (Å²) >= 11 is 1.66. The number of hydrogen-bond donors (Lipinski definition) is 2. The van der Waals surface area contributed by atoms with Gasteiger partial charge in [-0.1, -0.05) is 30.8 Å². The van der Waals surface area contributed by atoms with Crippen molar-refractivity contribution in [2.45, 2.75) is 32.3 Å². The van der Waals surface area contributed by atoms with Gasteiger partial charge in [-0.2, -0.15) is 0 Å². The van der Waals surface area contributed by atoms with E-state index < -0.39 is 18.0 Å². The summed E-state index contributed by atoms with van der Waals surface area (Å²) in [6.07, 6.45) is 3.65. The first-order chi connectivity index (χ1) is 14.9. The van der Waals surface area contributed by atoms with Gasteiger partial charge < -0.3 is 15.8 Å². The predicted molar refractivity (Wildman–Crippen MR) is 123 cm³/mol. The number of hydrogen-bond acceptors (Lipinski definition) is 6. The van der Waals surface area contributed by atoms with Crippen molar-refractivity contribution in [2.75, 3.05) is 0 Å². The molecule has 31 heavy (non-hydrogen) atoms. The van der Waals surface area contributed by atoms with E-state index in [-0.39, 0.29) is 5.82 Å². The molecule has 4 rings (SSSR count). The molecular formula is C24H23N3O3S. The van der Waals surface area contributed by atoms with Gasteiger partial charge in [0.2, 0.25) is 0 Å². The van der Waals surface area contributed by atoms with Gasteiger partial charge in [0, 0.05) is 10.3 Å². The van der Waals surface area contributed by atoms with Crippen LogP contribution in [0.15, 0.2) is 54.2 Å². The molecule has 0 radical (unpaired) electrons. The zero-order valence-corrected chi connectivity index (χ0v) is 18.0. The Bertz CT molecular complexity index is 1200. The topological polar surface area (TPSA) is 94.3 Å². The number of allylic oxidation sites excluding steroid dienone is 1. The molecule has 1 amide bonds. The number of ether oxygens (including phenoxy) is 1. The smallest absolute Gasteiger partial charge is 0.339 e. The second kappa shape index (κ2) is 8.73. The van der Waals surface area contributed by atoms with Gasteiger partial charge in [-0.15, -0.1) is 11.3 Å². The number of carbonyl (C=O) groups excluding carboxylic acids is 2. The summed E-state index contributed by atoms with van der Waals surface area (Å²) in [7, 11) is 0. The number of pyridine rings is 1. The molecule has 6 nitrogen and oxygen atoms in total. The van der Waals surface area contributed by atoms with E-state index in [9.17, 15) is 9.59 Å². The van der Waals surface area contributed by atoms with Crippen molar-refractivity contribution in [1.82, 2.24) is 10.3 Å². The lowest BCUT2D eigenvalue weighted by atomic mass is 9.86. The number of carbonyl (C=O) groups is 2. The van der Waals surface area contributed by atoms with E-state index >= 15 is 0 Å². The van der Waals surface area contributed by atoms with Gasteiger partial charge in [0.05, 0.1) is 22.6 Å². The Hall–Kier alpha value is -3.45. The molecule has 1 aliphatic rings. The first-order valence-electron chi connectivity index (χ1n) is 10.1. The summed E-state index contributed by atoms with van der Waals surface area (Å²) < 4.78 is 5.52. The van der Waals surface area contributed by atoms with Crippen LogP contribution in [0.25, 0.3) is 22.6 Å². The van der Waals surface area contributed by atoms with Crippen LogP contribution in [0, 0.1) is 0 Å². The fourth-order valence-electron chi connectivity index (χ4n) is 3.79. The third kappa shape index (κ3) is 4.36. The van der Waals surface area contributed by atoms with Crippen LogP contribution in [0.2, 0.25) is 0 Å². The summed E-state index contributed by atoms with van der Waals surface area (Å²) in [5.74, 6) is -1.06. The van der Waals surface area contributed by atoms with Crippen molar-refractivity contribution in [3.63, 3.8) is 0 Å². The summed E-state index contributed by atoms with van der Waals surface area (Å²) in [6, 6.07) is 11.6. The van der Waals surface area contributed by atoms with Gasteiger partial charge in [-0.25, -0.2) is 9.78 Å². The summed E-state index contributed by atoms with van der Waals surface area (Å²) in [6.45, 7) is 4.95. The van der Waals surface area contributed by atoms with Gasteiger partial charge >= 0.3 is 5.97 Å². The van der Waals surface area contributed by atoms with Crippen LogP contribution in [0.5, 0.6) is 0 Å². The zero-order chi connectivity index (χ0) is 22.0. The molecule has 1 unspecified atom stereocenters. The number of fused-ring (bicyclic) bond motifs is 2. The number of para-hydroxylation sites is 1. The number of nitrogens with two attached hydrogens (primary N) is 1. The molecule has 1 aromatic carbocycles. The third-order valence-electron chi connectivity index (χ3n) is 5.17. The molecule has 1 atom stereocenters. The number of aromatic nitrogens is 1. The lowest BCUT2D eigenvalue weighted by Crippen LogP contribution is -2.37. The normalized spacial score (nSPS) is 15.3. The SMILES string of the molecule is C=C(N)NC(=O)C(C)OC(=O)c1c2c(nc3ccccc13)/C(=C\c1cccs1)CCC2. The largest absolute Gasteiger partial charge is 0.449 e. The predicted octanol–water partition coefficient (Wildman–Crippen LogP) is 4.26. The molecule has 0 saturated heterocycles. The lowest BCUT2D eigenvalue weighted by Gasteiger charge is -2.23. The van der Waals surface area contributed by atoms with Crippen molar-refractivity contribution in [3.8, 4) is 0 Å². The van der Waals surface area contributed by atoms with Crippen molar-refractivity contribution in [2.24, 2.45) is 5.73 Å². The average molecular weight is 434 g/mol. The molecule has 0 spiro atoms. The lowest BCUT2D eigenvalue weighted by molar-refractivity contribution is -0.128. The Balaban J connectivity index is 1.79. The number of nitrogens with zero attached hydrogens (tertiary/aromatic N) is 1. The van der Waals surface area contributed by atoms with Crippen LogP contribution in [-0.4, -0.2) is 23.0 Å². The van der Waals surface area contributed by atoms with Gasteiger partial charge in [0.15, 0.2) is 6.10 Å². The van der Waals surface area contributed by atoms with Gasteiger partial charge in [-0.05, 0) is 60.9 Å². The maximum Gasteiger partial charge on any atom is 0.339 e. The molecular weight excluding hydrogens is 410 g/mol. The third-order valence-corrected chi connectivity index (χ3v) is 5.99. The van der Waals surface area contributed by atoms with E-state index in [0.717, 1.165) is 51.9 Å². The first kappa shape index (κ1) is 20.8. The van der Waals surface area contributed by atoms with Gasteiger partial charge in [-0.3, -0.25) is 4.79 Å². The summed E-state index contributed by atoms with van der Waals surface area (Å²) in [5.41, 5.74) is 9.43. The van der Waals surface area contributed by atoms with Gasteiger partial charge in [0.25, 0.3) is 5.91 Å². The number of rotatable bonds is 5. The summed E-state index contributed by atoms with van der Waals surface area (Å²) in [4.78, 5) is 31.4. The molecule has 1 aliphatic carbocycles. The van der Waals surface area contributed by atoms with E-state index in [1.54, 1.807) is 11.3 Å². The van der Waals surface area contributed by atoms with E-state index in [4.69, 9.17) is 15.5 Å². The van der Waals surface area contributed by atoms with E-state index in [1.807, 2.05) is 35.7 Å². The Kier molecular flexibility index (Phi) is 5.86. The van der Waals surface area contributed by atoms with Crippen molar-refractivity contribution in [1.29, 1.82) is 0 Å². The number of nitrogens with one attached hydrogen (secondary N) is 1. The highest BCUT2D eigenvalue weighted by Crippen LogP contribution is 2.37. The molecule has 158 valence electrons. The average Bonchev–Trinajstić information content (AvgIpc) is 3.25. The minimum Gasteiger partial charge on any atom is -0.449 e.